The fourth-order valence-corrected chi connectivity index (χ4v) is 3.79. The molecule has 1 aliphatic carbocycles. The number of nitrogens with one attached hydrogen (secondary N) is 2. The normalized spacial score (nSPS) is 16.6. The third-order valence-corrected chi connectivity index (χ3v) is 5.32. The fraction of sp³-hybridized carbons (Fsp3) is 0.286. The van der Waals surface area contributed by atoms with Crippen molar-refractivity contribution in [1.29, 1.82) is 0 Å². The highest BCUT2D eigenvalue weighted by Gasteiger charge is 2.24. The number of nitrogens with zero attached hydrogens (tertiary/aromatic N) is 1. The summed E-state index contributed by atoms with van der Waals surface area (Å²) in [5.74, 6) is -2.06. The monoisotopic (exact) mass is 369 g/mol. The van der Waals surface area contributed by atoms with Gasteiger partial charge in [-0.15, -0.1) is 0 Å². The number of likely N-dealkylation sites (N-methyl/N-ethyl adjacent to an activating group) is 1. The zero-order valence-corrected chi connectivity index (χ0v) is 15.3. The molecule has 1 atom stereocenters. The van der Waals surface area contributed by atoms with Crippen molar-refractivity contribution in [3.05, 3.63) is 64.9 Å². The molecular weight excluding hydrogens is 348 g/mol. The summed E-state index contributed by atoms with van der Waals surface area (Å²) in [5.41, 5.74) is 3.78. The van der Waals surface area contributed by atoms with Crippen LogP contribution in [0.15, 0.2) is 36.4 Å². The molecule has 0 saturated carbocycles. The Morgan fingerprint density at radius 2 is 2.00 bits per heavy atom. The number of hydrogen-bond donors (Lipinski definition) is 2. The second-order valence-corrected chi connectivity index (χ2v) is 7.28. The van der Waals surface area contributed by atoms with Crippen LogP contribution in [0.25, 0.3) is 10.9 Å². The summed E-state index contributed by atoms with van der Waals surface area (Å²) < 4.78 is 27.2. The first-order valence-electron chi connectivity index (χ1n) is 8.98. The van der Waals surface area contributed by atoms with E-state index >= 15 is 0 Å². The average Bonchev–Trinajstić information content (AvgIpc) is 3.00. The van der Waals surface area contributed by atoms with Gasteiger partial charge in [0.05, 0.1) is 5.56 Å². The molecule has 1 heterocycles. The summed E-state index contributed by atoms with van der Waals surface area (Å²) in [5, 5.41) is 3.74. The van der Waals surface area contributed by atoms with Gasteiger partial charge in [0.1, 0.15) is 11.6 Å². The van der Waals surface area contributed by atoms with E-state index in [-0.39, 0.29) is 5.56 Å². The number of carbonyl (C=O) groups is 1. The van der Waals surface area contributed by atoms with Gasteiger partial charge in [0.15, 0.2) is 0 Å². The Kier molecular flexibility index (Phi) is 4.44. The van der Waals surface area contributed by atoms with Crippen molar-refractivity contribution in [2.24, 2.45) is 0 Å². The van der Waals surface area contributed by atoms with E-state index in [4.69, 9.17) is 0 Å². The molecule has 0 spiro atoms. The van der Waals surface area contributed by atoms with E-state index in [0.29, 0.717) is 11.7 Å². The first-order chi connectivity index (χ1) is 12.9. The van der Waals surface area contributed by atoms with Crippen LogP contribution in [-0.4, -0.2) is 35.9 Å². The highest BCUT2D eigenvalue weighted by Crippen LogP contribution is 2.32. The smallest absolute Gasteiger partial charge is 0.258 e. The summed E-state index contributed by atoms with van der Waals surface area (Å²) in [4.78, 5) is 18.1. The maximum atomic E-state index is 13.8. The summed E-state index contributed by atoms with van der Waals surface area (Å²) in [6.07, 6.45) is 3.04. The molecule has 0 radical (unpaired) electrons. The number of fused-ring (bicyclic) bond motifs is 3. The molecule has 0 fully saturated rings. The van der Waals surface area contributed by atoms with E-state index in [1.54, 1.807) is 6.07 Å². The molecule has 1 unspecified atom stereocenters. The largest absolute Gasteiger partial charge is 0.358 e. The van der Waals surface area contributed by atoms with Gasteiger partial charge in [0.25, 0.3) is 5.91 Å². The molecule has 0 aliphatic heterocycles. The maximum Gasteiger partial charge on any atom is 0.258 e. The van der Waals surface area contributed by atoms with Crippen molar-refractivity contribution in [3.8, 4) is 0 Å². The molecule has 3 aromatic rings. The molecule has 140 valence electrons. The van der Waals surface area contributed by atoms with E-state index in [1.807, 2.05) is 12.1 Å². The predicted molar refractivity (Wildman–Crippen MR) is 102 cm³/mol. The number of benzene rings is 2. The molecule has 1 aromatic heterocycles. The third kappa shape index (κ3) is 3.32. The number of aryl methyl sites for hydroxylation is 1. The van der Waals surface area contributed by atoms with Crippen LogP contribution < -0.4 is 5.32 Å². The number of amides is 1. The molecule has 4 nitrogen and oxygen atoms in total. The maximum absolute atomic E-state index is 13.8. The number of carbonyl (C=O) groups excluding carboxylic acids is 1. The van der Waals surface area contributed by atoms with Gasteiger partial charge in [0, 0.05) is 28.3 Å². The second kappa shape index (κ2) is 6.78. The zero-order valence-electron chi connectivity index (χ0n) is 15.3. The Bertz CT molecular complexity index is 1030. The van der Waals surface area contributed by atoms with Crippen LogP contribution >= 0.6 is 0 Å². The number of rotatable bonds is 3. The highest BCUT2D eigenvalue weighted by molar-refractivity contribution is 6.05. The molecule has 1 amide bonds. The number of anilines is 1. The molecule has 1 aliphatic rings. The van der Waals surface area contributed by atoms with E-state index < -0.39 is 17.5 Å². The minimum absolute atomic E-state index is 0.307. The topological polar surface area (TPSA) is 48.1 Å². The minimum Gasteiger partial charge on any atom is -0.358 e. The van der Waals surface area contributed by atoms with Crippen molar-refractivity contribution >= 4 is 22.5 Å². The van der Waals surface area contributed by atoms with Crippen LogP contribution in [0.1, 0.15) is 28.0 Å². The van der Waals surface area contributed by atoms with Gasteiger partial charge < -0.3 is 15.2 Å². The fourth-order valence-electron chi connectivity index (χ4n) is 3.79. The summed E-state index contributed by atoms with van der Waals surface area (Å²) in [6, 6.07) is 8.92. The van der Waals surface area contributed by atoms with E-state index in [9.17, 15) is 13.6 Å². The van der Waals surface area contributed by atoms with Crippen molar-refractivity contribution in [2.75, 3.05) is 19.4 Å². The van der Waals surface area contributed by atoms with Crippen LogP contribution in [0.5, 0.6) is 0 Å². The third-order valence-electron chi connectivity index (χ3n) is 5.32. The van der Waals surface area contributed by atoms with Crippen LogP contribution in [-0.2, 0) is 12.8 Å². The molecule has 2 aromatic carbocycles. The first kappa shape index (κ1) is 17.7. The van der Waals surface area contributed by atoms with Gasteiger partial charge in [0.2, 0.25) is 0 Å². The van der Waals surface area contributed by atoms with Gasteiger partial charge in [-0.25, -0.2) is 8.78 Å². The van der Waals surface area contributed by atoms with E-state index in [0.717, 1.165) is 48.4 Å². The molecule has 0 bridgehead atoms. The molecule has 27 heavy (non-hydrogen) atoms. The average molecular weight is 369 g/mol. The Balaban J connectivity index is 1.65. The number of aromatic amines is 1. The van der Waals surface area contributed by atoms with E-state index in [1.165, 1.54) is 11.3 Å². The van der Waals surface area contributed by atoms with Crippen LogP contribution in [0, 0.1) is 11.6 Å². The van der Waals surface area contributed by atoms with Crippen molar-refractivity contribution in [2.45, 2.75) is 25.3 Å². The SMILES string of the molecule is CN(C)C1CCc2[nH]c3ccc(NC(=O)c4cc(F)ccc4F)cc3c2C1. The molecule has 4 rings (SSSR count). The van der Waals surface area contributed by atoms with Crippen LogP contribution in [0.2, 0.25) is 0 Å². The molecule has 0 saturated heterocycles. The first-order valence-corrected chi connectivity index (χ1v) is 8.98. The lowest BCUT2D eigenvalue weighted by Crippen LogP contribution is -2.33. The summed E-state index contributed by atoms with van der Waals surface area (Å²) >= 11 is 0. The van der Waals surface area contributed by atoms with Crippen molar-refractivity contribution in [3.63, 3.8) is 0 Å². The highest BCUT2D eigenvalue weighted by atomic mass is 19.1. The predicted octanol–water partition coefficient (Wildman–Crippen LogP) is 4.12. The Labute approximate surface area is 156 Å². The quantitative estimate of drug-likeness (QED) is 0.730. The number of halogens is 2. The standard InChI is InChI=1S/C21H21F2N3O/c1-26(2)14-5-8-20-16(11-14)15-10-13(4-7-19(15)25-20)24-21(27)17-9-12(22)3-6-18(17)23/h3-4,6-7,9-10,14,25H,5,8,11H2,1-2H3,(H,24,27). The number of hydrogen-bond acceptors (Lipinski definition) is 2. The minimum atomic E-state index is -0.747. The van der Waals surface area contributed by atoms with Gasteiger partial charge in [-0.05, 0) is 75.3 Å². The van der Waals surface area contributed by atoms with Crippen molar-refractivity contribution < 1.29 is 13.6 Å². The lowest BCUT2D eigenvalue weighted by molar-refractivity contribution is 0.102. The summed E-state index contributed by atoms with van der Waals surface area (Å²) in [6.45, 7) is 0. The van der Waals surface area contributed by atoms with Gasteiger partial charge >= 0.3 is 0 Å². The molecule has 6 heteroatoms. The van der Waals surface area contributed by atoms with E-state index in [2.05, 4.69) is 29.3 Å². The second-order valence-electron chi connectivity index (χ2n) is 7.28. The Morgan fingerprint density at radius 3 is 2.78 bits per heavy atom. The zero-order chi connectivity index (χ0) is 19.1. The number of aromatic nitrogens is 1. The summed E-state index contributed by atoms with van der Waals surface area (Å²) in [7, 11) is 4.17. The van der Waals surface area contributed by atoms with Crippen LogP contribution in [0.3, 0.4) is 0 Å². The Hall–Kier alpha value is -2.73. The molecular formula is C21H21F2N3O. The Morgan fingerprint density at radius 1 is 1.19 bits per heavy atom. The van der Waals surface area contributed by atoms with Crippen LogP contribution in [0.4, 0.5) is 14.5 Å². The lowest BCUT2D eigenvalue weighted by Gasteiger charge is -2.28. The van der Waals surface area contributed by atoms with Gasteiger partial charge in [-0.3, -0.25) is 4.79 Å². The number of H-pyrrole nitrogens is 1. The van der Waals surface area contributed by atoms with Gasteiger partial charge in [-0.1, -0.05) is 0 Å². The molecule has 2 N–H and O–H groups in total. The van der Waals surface area contributed by atoms with Crippen molar-refractivity contribution in [1.82, 2.24) is 9.88 Å². The van der Waals surface area contributed by atoms with Gasteiger partial charge in [-0.2, -0.15) is 0 Å². The lowest BCUT2D eigenvalue weighted by atomic mass is 9.91.